The molecule has 1 aliphatic rings. The summed E-state index contributed by atoms with van der Waals surface area (Å²) in [6.45, 7) is 1.53. The Labute approximate surface area is 76.3 Å². The summed E-state index contributed by atoms with van der Waals surface area (Å²) in [5.41, 5.74) is 5.41. The van der Waals surface area contributed by atoms with Crippen molar-refractivity contribution in [3.63, 3.8) is 0 Å². The van der Waals surface area contributed by atoms with Gasteiger partial charge in [-0.05, 0) is 6.42 Å². The molecule has 0 amide bonds. The van der Waals surface area contributed by atoms with Gasteiger partial charge in [0.25, 0.3) is 0 Å². The molecule has 0 radical (unpaired) electrons. The number of aromatic nitrogens is 3. The van der Waals surface area contributed by atoms with Crippen molar-refractivity contribution in [2.45, 2.75) is 12.5 Å². The van der Waals surface area contributed by atoms with Crippen LogP contribution in [0.15, 0.2) is 6.20 Å². The summed E-state index contributed by atoms with van der Waals surface area (Å²) in [5, 5.41) is 7.56. The molecule has 0 aliphatic carbocycles. The van der Waals surface area contributed by atoms with Crippen LogP contribution in [0.2, 0.25) is 0 Å². The van der Waals surface area contributed by atoms with Crippen molar-refractivity contribution < 1.29 is 4.74 Å². The highest BCUT2D eigenvalue weighted by atomic mass is 35.5. The van der Waals surface area contributed by atoms with Crippen molar-refractivity contribution in [1.29, 1.82) is 0 Å². The second-order valence-corrected chi connectivity index (χ2v) is 2.64. The van der Waals surface area contributed by atoms with Gasteiger partial charge in [0, 0.05) is 6.61 Å². The lowest BCUT2D eigenvalue weighted by Gasteiger charge is -2.04. The molecule has 6 heteroatoms. The zero-order chi connectivity index (χ0) is 7.68. The van der Waals surface area contributed by atoms with Crippen molar-refractivity contribution in [3.8, 4) is 0 Å². The number of rotatable bonds is 1. The average molecular weight is 191 g/mol. The molecule has 2 N–H and O–H groups in total. The molecule has 1 atom stereocenters. The summed E-state index contributed by atoms with van der Waals surface area (Å²) in [7, 11) is 0. The molecule has 68 valence electrons. The van der Waals surface area contributed by atoms with Gasteiger partial charge in [0.15, 0.2) is 5.82 Å². The lowest BCUT2D eigenvalue weighted by Crippen LogP contribution is -2.08. The van der Waals surface area contributed by atoms with Crippen molar-refractivity contribution >= 4 is 18.2 Å². The first kappa shape index (κ1) is 9.28. The van der Waals surface area contributed by atoms with Crippen LogP contribution in [0.25, 0.3) is 0 Å². The Morgan fingerprint density at radius 1 is 1.67 bits per heavy atom. The van der Waals surface area contributed by atoms with Crippen LogP contribution in [-0.4, -0.2) is 28.2 Å². The molecule has 1 saturated heterocycles. The largest absolute Gasteiger partial charge is 0.381 e. The first-order chi connectivity index (χ1) is 5.36. The van der Waals surface area contributed by atoms with E-state index in [1.807, 2.05) is 0 Å². The van der Waals surface area contributed by atoms with E-state index in [-0.39, 0.29) is 12.4 Å². The van der Waals surface area contributed by atoms with Crippen molar-refractivity contribution in [2.75, 3.05) is 18.9 Å². The minimum absolute atomic E-state index is 0. The van der Waals surface area contributed by atoms with E-state index in [4.69, 9.17) is 10.5 Å². The highest BCUT2D eigenvalue weighted by Crippen LogP contribution is 2.17. The third-order valence-electron chi connectivity index (χ3n) is 1.81. The number of nitrogen functional groups attached to an aromatic ring is 1. The summed E-state index contributed by atoms with van der Waals surface area (Å²) >= 11 is 0. The molecular formula is C6H11ClN4O. The van der Waals surface area contributed by atoms with Gasteiger partial charge in [0.2, 0.25) is 0 Å². The quantitative estimate of drug-likeness (QED) is 0.689. The maximum Gasteiger partial charge on any atom is 0.165 e. The van der Waals surface area contributed by atoms with Gasteiger partial charge in [-0.2, -0.15) is 0 Å². The van der Waals surface area contributed by atoms with Crippen LogP contribution < -0.4 is 5.73 Å². The summed E-state index contributed by atoms with van der Waals surface area (Å²) in [4.78, 5) is 0. The van der Waals surface area contributed by atoms with Gasteiger partial charge in [-0.1, -0.05) is 5.21 Å². The Morgan fingerprint density at radius 2 is 2.50 bits per heavy atom. The molecule has 0 aromatic carbocycles. The molecule has 5 nitrogen and oxygen atoms in total. The van der Waals surface area contributed by atoms with Crippen LogP contribution >= 0.6 is 12.4 Å². The topological polar surface area (TPSA) is 66.0 Å². The molecule has 2 rings (SSSR count). The van der Waals surface area contributed by atoms with Crippen LogP contribution in [0.3, 0.4) is 0 Å². The lowest BCUT2D eigenvalue weighted by atomic mass is 10.3. The fourth-order valence-corrected chi connectivity index (χ4v) is 1.20. The Kier molecular flexibility index (Phi) is 2.88. The average Bonchev–Trinajstić information content (AvgIpc) is 2.55. The fourth-order valence-electron chi connectivity index (χ4n) is 1.20. The molecule has 1 fully saturated rings. The SMILES string of the molecule is Cl.Nc1cn(C2CCOC2)nn1. The molecule has 0 spiro atoms. The lowest BCUT2D eigenvalue weighted by molar-refractivity contribution is 0.184. The number of anilines is 1. The third-order valence-corrected chi connectivity index (χ3v) is 1.81. The van der Waals surface area contributed by atoms with Gasteiger partial charge in [-0.25, -0.2) is 4.68 Å². The van der Waals surface area contributed by atoms with E-state index in [0.717, 1.165) is 19.6 Å². The van der Waals surface area contributed by atoms with Gasteiger partial charge < -0.3 is 10.5 Å². The summed E-state index contributed by atoms with van der Waals surface area (Å²) in [6.07, 6.45) is 2.74. The molecule has 2 heterocycles. The molecule has 12 heavy (non-hydrogen) atoms. The number of ether oxygens (including phenoxy) is 1. The minimum atomic E-state index is 0. The molecule has 1 aromatic rings. The molecule has 1 aromatic heterocycles. The maximum absolute atomic E-state index is 5.41. The number of halogens is 1. The van der Waals surface area contributed by atoms with Crippen LogP contribution in [0, 0.1) is 0 Å². The second kappa shape index (κ2) is 3.73. The number of hydrogen-bond acceptors (Lipinski definition) is 4. The number of nitrogens with zero attached hydrogens (tertiary/aromatic N) is 3. The Bertz CT molecular complexity index is 245. The van der Waals surface area contributed by atoms with E-state index >= 15 is 0 Å². The number of nitrogens with two attached hydrogens (primary N) is 1. The smallest absolute Gasteiger partial charge is 0.165 e. The minimum Gasteiger partial charge on any atom is -0.381 e. The van der Waals surface area contributed by atoms with E-state index in [2.05, 4.69) is 10.3 Å². The predicted octanol–water partition coefficient (Wildman–Crippen LogP) is 0.243. The Balaban J connectivity index is 0.000000720. The fraction of sp³-hybridized carbons (Fsp3) is 0.667. The zero-order valence-electron chi connectivity index (χ0n) is 6.51. The molecular weight excluding hydrogens is 180 g/mol. The van der Waals surface area contributed by atoms with E-state index < -0.39 is 0 Å². The summed E-state index contributed by atoms with van der Waals surface area (Å²) in [5.74, 6) is 0.469. The monoisotopic (exact) mass is 190 g/mol. The second-order valence-electron chi connectivity index (χ2n) is 2.64. The van der Waals surface area contributed by atoms with Gasteiger partial charge >= 0.3 is 0 Å². The summed E-state index contributed by atoms with van der Waals surface area (Å²) in [6, 6.07) is 0.333. The van der Waals surface area contributed by atoms with Gasteiger partial charge in [0.05, 0.1) is 18.8 Å². The number of hydrogen-bond donors (Lipinski definition) is 1. The van der Waals surface area contributed by atoms with E-state index in [1.54, 1.807) is 10.9 Å². The third kappa shape index (κ3) is 1.67. The van der Waals surface area contributed by atoms with Crippen LogP contribution in [0.4, 0.5) is 5.82 Å². The first-order valence-corrected chi connectivity index (χ1v) is 3.61. The van der Waals surface area contributed by atoms with Crippen LogP contribution in [0.5, 0.6) is 0 Å². The van der Waals surface area contributed by atoms with Crippen molar-refractivity contribution in [1.82, 2.24) is 15.0 Å². The standard InChI is InChI=1S/C6H10N4O.ClH/c7-6-3-10(9-8-6)5-1-2-11-4-5;/h3,5H,1-2,4,7H2;1H. The highest BCUT2D eigenvalue weighted by Gasteiger charge is 2.18. The molecule has 1 unspecified atom stereocenters. The van der Waals surface area contributed by atoms with Crippen LogP contribution in [-0.2, 0) is 4.74 Å². The van der Waals surface area contributed by atoms with Gasteiger partial charge in [-0.15, -0.1) is 17.5 Å². The van der Waals surface area contributed by atoms with E-state index in [1.165, 1.54) is 0 Å². The molecule has 0 saturated carbocycles. The van der Waals surface area contributed by atoms with Crippen LogP contribution in [0.1, 0.15) is 12.5 Å². The molecule has 0 bridgehead atoms. The predicted molar refractivity (Wildman–Crippen MR) is 46.2 cm³/mol. The van der Waals surface area contributed by atoms with E-state index in [0.29, 0.717) is 11.9 Å². The maximum atomic E-state index is 5.41. The van der Waals surface area contributed by atoms with Gasteiger partial charge in [0.1, 0.15) is 0 Å². The molecule has 1 aliphatic heterocycles. The first-order valence-electron chi connectivity index (χ1n) is 3.61. The zero-order valence-corrected chi connectivity index (χ0v) is 7.33. The van der Waals surface area contributed by atoms with Crippen molar-refractivity contribution in [2.24, 2.45) is 0 Å². The Hall–Kier alpha value is -0.810. The normalized spacial score (nSPS) is 22.2. The van der Waals surface area contributed by atoms with Gasteiger partial charge in [-0.3, -0.25) is 0 Å². The van der Waals surface area contributed by atoms with E-state index in [9.17, 15) is 0 Å². The Morgan fingerprint density at radius 3 is 3.00 bits per heavy atom. The highest BCUT2D eigenvalue weighted by molar-refractivity contribution is 5.85. The summed E-state index contributed by atoms with van der Waals surface area (Å²) < 4.78 is 6.96. The van der Waals surface area contributed by atoms with Crippen molar-refractivity contribution in [3.05, 3.63) is 6.20 Å².